The van der Waals surface area contributed by atoms with Crippen LogP contribution in [-0.2, 0) is 26.0 Å². The molecule has 1 amide bonds. The number of nitrogens with one attached hydrogen (secondary N) is 3. The van der Waals surface area contributed by atoms with E-state index < -0.39 is 55.0 Å². The molecule has 0 unspecified atom stereocenters. The zero-order chi connectivity index (χ0) is 60.4. The average Bonchev–Trinajstić information content (AvgIpc) is 1.56. The highest BCUT2D eigenvalue weighted by atomic mass is 32.2. The molecule has 21 nitrogen and oxygen atoms in total. The highest BCUT2D eigenvalue weighted by molar-refractivity contribution is 7.90. The number of halogens is 1. The Labute approximate surface area is 510 Å². The van der Waals surface area contributed by atoms with Gasteiger partial charge in [-0.3, -0.25) is 24.7 Å². The highest BCUT2D eigenvalue weighted by Gasteiger charge is 2.51. The van der Waals surface area contributed by atoms with Crippen LogP contribution in [0.15, 0.2) is 76.6 Å². The molecule has 3 atom stereocenters. The topological polar surface area (TPSA) is 233 Å². The number of carbonyl (C=O) groups excluding carboxylic acids is 1. The fourth-order valence-corrected chi connectivity index (χ4v) is 16.7. The van der Waals surface area contributed by atoms with Gasteiger partial charge in [0.15, 0.2) is 11.6 Å². The number of benzene rings is 2. The number of nitro benzene ring substituents is 1. The molecule has 7 aliphatic rings. The number of piperidine rings is 1. The minimum absolute atomic E-state index is 0.0172. The molecule has 2 aromatic carbocycles. The number of rotatable bonds is 16. The van der Waals surface area contributed by atoms with Crippen molar-refractivity contribution in [2.45, 2.75) is 126 Å². The Balaban J connectivity index is 0.745. The molecule has 6 aromatic rings. The molecule has 24 heteroatoms. The number of aliphatic hydroxyl groups is 1. The van der Waals surface area contributed by atoms with Crippen molar-refractivity contribution in [2.75, 3.05) is 106 Å². The second kappa shape index (κ2) is 24.0. The smallest absolute Gasteiger partial charge is 0.293 e. The van der Waals surface area contributed by atoms with Gasteiger partial charge in [-0.25, -0.2) is 22.5 Å². The number of anilines is 5. The zero-order valence-corrected chi connectivity index (χ0v) is 51.5. The van der Waals surface area contributed by atoms with Crippen molar-refractivity contribution in [2.24, 2.45) is 11.3 Å². The van der Waals surface area contributed by atoms with E-state index >= 15 is 4.39 Å². The average molecular weight is 1230 g/mol. The summed E-state index contributed by atoms with van der Waals surface area (Å²) in [5, 5.41) is 31.0. The fourth-order valence-electron chi connectivity index (χ4n) is 14.6. The first-order chi connectivity index (χ1) is 41.9. The Kier molecular flexibility index (Phi) is 16.4. The van der Waals surface area contributed by atoms with E-state index in [1.165, 1.54) is 29.5 Å². The van der Waals surface area contributed by atoms with E-state index in [4.69, 9.17) is 28.9 Å². The lowest BCUT2D eigenvalue weighted by atomic mass is 9.59. The van der Waals surface area contributed by atoms with E-state index in [1.54, 1.807) is 30.6 Å². The second-order valence-corrected chi connectivity index (χ2v) is 28.1. The molecular weight excluding hydrogens is 1150 g/mol. The number of hydrogen-bond acceptors (Lipinski definition) is 19. The van der Waals surface area contributed by atoms with Crippen molar-refractivity contribution in [3.63, 3.8) is 0 Å². The van der Waals surface area contributed by atoms with E-state index in [0.29, 0.717) is 69.0 Å². The number of sulfonamides is 1. The summed E-state index contributed by atoms with van der Waals surface area (Å²) < 4.78 is 70.2. The Morgan fingerprint density at radius 2 is 1.76 bits per heavy atom. The van der Waals surface area contributed by atoms with Crippen molar-refractivity contribution in [1.29, 1.82) is 0 Å². The normalized spacial score (nSPS) is 24.6. The molecule has 6 fully saturated rings. The SMILES string of the molecule is COc1cc(CN2CCN(C3CC4(CCN(c5ccc(C(=O)NS(=O)(=O)c6ccc(NC[C@H]7CC[C@](C)(O)CC7)c([N+](=O)[O-])c6)c(N6c7cc8c(F)c[nH]c8nc7O[C@H]7COCC[C@@H]76)c5)CC4)C3)[C@H](c3cscc3C(C)C)C2)cnc1N1CCOCC1. The molecule has 13 rings (SSSR count). The molecule has 2 saturated carbocycles. The Morgan fingerprint density at radius 1 is 0.966 bits per heavy atom. The molecular formula is C63H78FN11O10S2. The van der Waals surface area contributed by atoms with Crippen LogP contribution in [0.5, 0.6) is 11.6 Å². The summed E-state index contributed by atoms with van der Waals surface area (Å²) in [6, 6.07) is 13.0. The van der Waals surface area contributed by atoms with Gasteiger partial charge in [0.1, 0.15) is 28.9 Å². The number of piperazine rings is 1. The highest BCUT2D eigenvalue weighted by Crippen LogP contribution is 2.54. The molecule has 9 heterocycles. The lowest BCUT2D eigenvalue weighted by Gasteiger charge is -2.58. The number of aromatic amines is 1. The van der Waals surface area contributed by atoms with Crippen LogP contribution in [0.25, 0.3) is 11.0 Å². The first-order valence-corrected chi connectivity index (χ1v) is 33.2. The number of hydrogen-bond donors (Lipinski definition) is 4. The van der Waals surface area contributed by atoms with Gasteiger partial charge in [-0.15, -0.1) is 0 Å². The Bertz CT molecular complexity index is 3640. The standard InChI is InChI=1S/C63H78FN11O10S2/c1-39(2)47-37-86-38-48(47)55-35-70(34-41-25-56(82-4)59(67-32-41)72-20-23-83-24-21-72)18-19-73(55)43-29-63(30-43)14-16-71(17-15-63)42-5-7-45(52(26-42)74-51-11-22-84-36-57(51)85-61-54(74)28-46-49(64)33-66-58(46)68-61)60(76)69-87(80,81)44-6-8-50(53(27-44)75(78)79)65-31-40-9-12-62(3,77)13-10-40/h5-8,25-28,32-33,37-40,43,51,55,57,65,77H,9-24,29-31,34-36H2,1-4H3,(H,66,68)(H,69,76)/t40-,51-,55-,57-,62-/m0/s1. The van der Waals surface area contributed by atoms with Gasteiger partial charge in [-0.2, -0.15) is 16.3 Å². The van der Waals surface area contributed by atoms with E-state index in [2.05, 4.69) is 65.3 Å². The molecule has 5 aliphatic heterocycles. The summed E-state index contributed by atoms with van der Waals surface area (Å²) in [7, 11) is -2.98. The molecule has 0 radical (unpaired) electrons. The number of methoxy groups -OCH3 is 1. The number of pyridine rings is 2. The number of fused-ring (bicyclic) bond motifs is 3. The predicted molar refractivity (Wildman–Crippen MR) is 331 cm³/mol. The summed E-state index contributed by atoms with van der Waals surface area (Å²) in [5.74, 6) is 0.961. The summed E-state index contributed by atoms with van der Waals surface area (Å²) in [6.45, 7) is 15.4. The van der Waals surface area contributed by atoms with E-state index in [-0.39, 0.29) is 52.1 Å². The largest absolute Gasteiger partial charge is 0.493 e. The van der Waals surface area contributed by atoms with Gasteiger partial charge in [0.05, 0.1) is 65.0 Å². The number of morpholine rings is 1. The van der Waals surface area contributed by atoms with Gasteiger partial charge in [0.25, 0.3) is 21.6 Å². The van der Waals surface area contributed by atoms with Crippen LogP contribution < -0.4 is 34.2 Å². The monoisotopic (exact) mass is 1230 g/mol. The number of aromatic nitrogens is 3. The molecule has 4 saturated heterocycles. The van der Waals surface area contributed by atoms with E-state index in [1.807, 2.05) is 30.2 Å². The molecule has 1 spiro atoms. The van der Waals surface area contributed by atoms with Crippen LogP contribution in [0.1, 0.15) is 118 Å². The fraction of sp³-hybridized carbons (Fsp3) is 0.540. The van der Waals surface area contributed by atoms with Crippen LogP contribution in [0, 0.1) is 27.3 Å². The lowest BCUT2D eigenvalue weighted by molar-refractivity contribution is -0.384. The van der Waals surface area contributed by atoms with Crippen LogP contribution in [0.3, 0.4) is 0 Å². The number of nitro groups is 1. The van der Waals surface area contributed by atoms with Crippen molar-refractivity contribution < 1.29 is 46.6 Å². The van der Waals surface area contributed by atoms with Crippen LogP contribution in [0.4, 0.5) is 38.6 Å². The van der Waals surface area contributed by atoms with Gasteiger partial charge in [-0.1, -0.05) is 13.8 Å². The van der Waals surface area contributed by atoms with Gasteiger partial charge in [-0.05, 0) is 152 Å². The van der Waals surface area contributed by atoms with E-state index in [9.17, 15) is 28.4 Å². The van der Waals surface area contributed by atoms with Crippen molar-refractivity contribution >= 4 is 72.6 Å². The maximum atomic E-state index is 15.5. The minimum Gasteiger partial charge on any atom is -0.493 e. The van der Waals surface area contributed by atoms with Gasteiger partial charge in [0, 0.05) is 102 Å². The Hall–Kier alpha value is -6.67. The van der Waals surface area contributed by atoms with E-state index in [0.717, 1.165) is 120 Å². The molecule has 0 bridgehead atoms. The second-order valence-electron chi connectivity index (χ2n) is 25.6. The molecule has 4 aromatic heterocycles. The number of nitrogens with zero attached hydrogens (tertiary/aromatic N) is 8. The third-order valence-electron chi connectivity index (χ3n) is 19.7. The zero-order valence-electron chi connectivity index (χ0n) is 49.8. The predicted octanol–water partition coefficient (Wildman–Crippen LogP) is 9.50. The number of carbonyl (C=O) groups is 1. The maximum absolute atomic E-state index is 15.5. The molecule has 4 N–H and O–H groups in total. The lowest BCUT2D eigenvalue weighted by Crippen LogP contribution is -2.59. The summed E-state index contributed by atoms with van der Waals surface area (Å²) >= 11 is 1.79. The number of thiophene rings is 1. The quantitative estimate of drug-likeness (QED) is 0.0522. The van der Waals surface area contributed by atoms with Crippen LogP contribution >= 0.6 is 11.3 Å². The third kappa shape index (κ3) is 11.9. The Morgan fingerprint density at radius 3 is 2.52 bits per heavy atom. The van der Waals surface area contributed by atoms with Crippen LogP contribution in [0.2, 0.25) is 0 Å². The van der Waals surface area contributed by atoms with Crippen molar-refractivity contribution in [3.8, 4) is 11.6 Å². The summed E-state index contributed by atoms with van der Waals surface area (Å²) in [6.07, 6.45) is 10.0. The van der Waals surface area contributed by atoms with Gasteiger partial charge in [0.2, 0.25) is 5.88 Å². The van der Waals surface area contributed by atoms with Gasteiger partial charge < -0.3 is 49.1 Å². The first kappa shape index (κ1) is 59.3. The molecule has 87 heavy (non-hydrogen) atoms. The van der Waals surface area contributed by atoms with Crippen LogP contribution in [-0.4, -0.2) is 159 Å². The first-order valence-electron chi connectivity index (χ1n) is 30.7. The van der Waals surface area contributed by atoms with Gasteiger partial charge >= 0.3 is 0 Å². The summed E-state index contributed by atoms with van der Waals surface area (Å²) in [4.78, 5) is 50.6. The number of ether oxygens (including phenoxy) is 4. The van der Waals surface area contributed by atoms with Crippen molar-refractivity contribution in [1.82, 2.24) is 29.5 Å². The number of H-pyrrole nitrogens is 1. The summed E-state index contributed by atoms with van der Waals surface area (Å²) in [5.41, 5.74) is 5.02. The molecule has 2 aliphatic carbocycles. The van der Waals surface area contributed by atoms with Crippen molar-refractivity contribution in [3.05, 3.63) is 110 Å². The maximum Gasteiger partial charge on any atom is 0.293 e. The minimum atomic E-state index is -4.70. The third-order valence-corrected chi connectivity index (χ3v) is 21.8. The molecule has 464 valence electrons. The number of amides is 1.